The van der Waals surface area contributed by atoms with Crippen LogP contribution in [0.5, 0.6) is 0 Å². The number of carbonyl (C=O) groups excluding carboxylic acids is 1. The molecule has 0 amide bonds. The molecule has 0 saturated carbocycles. The maximum atomic E-state index is 12.3. The van der Waals surface area contributed by atoms with Crippen molar-refractivity contribution in [2.24, 2.45) is 0 Å². The van der Waals surface area contributed by atoms with Gasteiger partial charge in [0, 0.05) is 39.3 Å². The summed E-state index contributed by atoms with van der Waals surface area (Å²) < 4.78 is 10.5. The fraction of sp³-hybridized carbons (Fsp3) is 0.370. The summed E-state index contributed by atoms with van der Waals surface area (Å²) in [5, 5.41) is 12.3. The smallest absolute Gasteiger partial charge is 0.353 e. The number of anilines is 2. The third kappa shape index (κ3) is 7.16. The second-order valence-electron chi connectivity index (χ2n) is 8.78. The first-order valence-electron chi connectivity index (χ1n) is 12.7. The van der Waals surface area contributed by atoms with Gasteiger partial charge in [-0.2, -0.15) is 0 Å². The number of nitro groups is 1. The van der Waals surface area contributed by atoms with E-state index in [9.17, 15) is 14.9 Å². The largest absolute Gasteiger partial charge is 0.467 e. The Bertz CT molecular complexity index is 1210. The summed E-state index contributed by atoms with van der Waals surface area (Å²) in [4.78, 5) is 38.4. The number of furan rings is 1. The predicted octanol–water partition coefficient (Wildman–Crippen LogP) is 3.77. The molecule has 0 unspecified atom stereocenters. The normalized spacial score (nSPS) is 14.1. The van der Waals surface area contributed by atoms with Crippen molar-refractivity contribution in [1.29, 1.82) is 0 Å². The number of hydrogen-bond acceptors (Lipinski definition) is 10. The third-order valence-corrected chi connectivity index (χ3v) is 6.23. The Labute approximate surface area is 221 Å². The van der Waals surface area contributed by atoms with Crippen LogP contribution in [0.15, 0.2) is 65.5 Å². The maximum Gasteiger partial charge on any atom is 0.353 e. The first-order chi connectivity index (χ1) is 18.5. The Kier molecular flexibility index (Phi) is 9.41. The van der Waals surface area contributed by atoms with Gasteiger partial charge in [0.1, 0.15) is 12.1 Å². The Morgan fingerprint density at radius 3 is 2.63 bits per heavy atom. The van der Waals surface area contributed by atoms with Crippen molar-refractivity contribution in [3.8, 4) is 0 Å². The number of ether oxygens (including phenoxy) is 1. The van der Waals surface area contributed by atoms with Crippen LogP contribution in [-0.2, 0) is 16.1 Å². The zero-order chi connectivity index (χ0) is 26.7. The quantitative estimate of drug-likeness (QED) is 0.198. The summed E-state index contributed by atoms with van der Waals surface area (Å²) in [7, 11) is 0. The van der Waals surface area contributed by atoms with Gasteiger partial charge in [-0.25, -0.2) is 9.97 Å². The Balaban J connectivity index is 1.49. The summed E-state index contributed by atoms with van der Waals surface area (Å²) in [6.07, 6.45) is 7.16. The molecule has 1 aromatic carbocycles. The second kappa shape index (κ2) is 13.3. The second-order valence-corrected chi connectivity index (χ2v) is 8.78. The van der Waals surface area contributed by atoms with Crippen LogP contribution in [0.2, 0.25) is 0 Å². The molecular formula is C27H32N6O5. The van der Waals surface area contributed by atoms with E-state index in [0.29, 0.717) is 18.8 Å². The highest BCUT2D eigenvalue weighted by Crippen LogP contribution is 2.35. The van der Waals surface area contributed by atoms with E-state index in [1.54, 1.807) is 24.0 Å². The molecule has 1 aliphatic rings. The highest BCUT2D eigenvalue weighted by Gasteiger charge is 2.32. The van der Waals surface area contributed by atoms with Crippen LogP contribution in [0.4, 0.5) is 17.3 Å². The molecule has 2 aromatic heterocycles. The lowest BCUT2D eigenvalue weighted by atomic mass is 10.2. The van der Waals surface area contributed by atoms with Crippen molar-refractivity contribution >= 4 is 29.4 Å². The molecular weight excluding hydrogens is 488 g/mol. The first-order valence-corrected chi connectivity index (χ1v) is 12.7. The molecule has 1 fully saturated rings. The van der Waals surface area contributed by atoms with E-state index in [1.165, 1.54) is 12.6 Å². The average Bonchev–Trinajstić information content (AvgIpc) is 3.45. The number of esters is 1. The zero-order valence-corrected chi connectivity index (χ0v) is 21.4. The van der Waals surface area contributed by atoms with Gasteiger partial charge < -0.3 is 19.0 Å². The topological polar surface area (TPSA) is 118 Å². The average molecular weight is 521 g/mol. The first kappa shape index (κ1) is 26.8. The van der Waals surface area contributed by atoms with E-state index < -0.39 is 4.92 Å². The number of rotatable bonds is 12. The molecule has 0 bridgehead atoms. The van der Waals surface area contributed by atoms with Gasteiger partial charge in [-0.3, -0.25) is 19.8 Å². The Morgan fingerprint density at radius 2 is 1.95 bits per heavy atom. The monoisotopic (exact) mass is 520 g/mol. The van der Waals surface area contributed by atoms with Gasteiger partial charge in [0.25, 0.3) is 0 Å². The highest BCUT2D eigenvalue weighted by molar-refractivity contribution is 5.73. The lowest BCUT2D eigenvalue weighted by Crippen LogP contribution is -2.47. The number of benzene rings is 1. The van der Waals surface area contributed by atoms with E-state index >= 15 is 0 Å². The van der Waals surface area contributed by atoms with Gasteiger partial charge in [0.2, 0.25) is 11.6 Å². The fourth-order valence-corrected chi connectivity index (χ4v) is 4.34. The number of nitrogens with zero attached hydrogens (tertiary/aromatic N) is 6. The molecule has 0 atom stereocenters. The van der Waals surface area contributed by atoms with Crippen molar-refractivity contribution in [2.75, 3.05) is 55.7 Å². The van der Waals surface area contributed by atoms with Gasteiger partial charge in [0.05, 0.1) is 30.8 Å². The zero-order valence-electron chi connectivity index (χ0n) is 21.4. The summed E-state index contributed by atoms with van der Waals surface area (Å²) >= 11 is 0. The molecule has 3 aromatic rings. The van der Waals surface area contributed by atoms with Crippen LogP contribution in [0, 0.1) is 10.1 Å². The van der Waals surface area contributed by atoms with Crippen LogP contribution in [0.3, 0.4) is 0 Å². The molecule has 0 radical (unpaired) electrons. The molecule has 0 N–H and O–H groups in total. The molecule has 1 saturated heterocycles. The van der Waals surface area contributed by atoms with Crippen LogP contribution in [0.1, 0.15) is 24.7 Å². The maximum absolute atomic E-state index is 12.3. The summed E-state index contributed by atoms with van der Waals surface area (Å²) in [6.45, 7) is 5.87. The van der Waals surface area contributed by atoms with E-state index in [2.05, 4.69) is 39.2 Å². The number of hydrogen-bond donors (Lipinski definition) is 0. The van der Waals surface area contributed by atoms with Crippen LogP contribution >= 0.6 is 0 Å². The van der Waals surface area contributed by atoms with Crippen molar-refractivity contribution in [3.63, 3.8) is 0 Å². The minimum Gasteiger partial charge on any atom is -0.467 e. The standard InChI is InChI=1S/C27H32N6O5/c1-2-37-24(34)12-14-32(20-23-11-7-19-38-23)27-25(33(35)36)26(28-21-29-27)31-17-15-30(16-18-31)13-6-10-22-8-4-3-5-9-22/h3-11,19,21H,2,12-18,20H2,1H3. The van der Waals surface area contributed by atoms with Crippen molar-refractivity contribution < 1.29 is 18.9 Å². The van der Waals surface area contributed by atoms with Crippen LogP contribution in [-0.4, -0.2) is 71.6 Å². The third-order valence-electron chi connectivity index (χ3n) is 6.23. The summed E-state index contributed by atoms with van der Waals surface area (Å²) in [6, 6.07) is 13.6. The molecule has 1 aliphatic heterocycles. The van der Waals surface area contributed by atoms with Crippen LogP contribution < -0.4 is 9.80 Å². The molecule has 0 aliphatic carbocycles. The van der Waals surface area contributed by atoms with Gasteiger partial charge >= 0.3 is 11.7 Å². The molecule has 4 rings (SSSR count). The van der Waals surface area contributed by atoms with Gasteiger partial charge in [-0.15, -0.1) is 0 Å². The lowest BCUT2D eigenvalue weighted by molar-refractivity contribution is -0.383. The Hall–Kier alpha value is -4.25. The molecule has 3 heterocycles. The SMILES string of the molecule is CCOC(=O)CCN(Cc1ccco1)c1ncnc(N2CCN(CC=Cc3ccccc3)CC2)c1[N+](=O)[O-]. The number of aromatic nitrogens is 2. The van der Waals surface area contributed by atoms with Gasteiger partial charge in [-0.1, -0.05) is 42.5 Å². The summed E-state index contributed by atoms with van der Waals surface area (Å²) in [5.41, 5.74) is 0.970. The van der Waals surface area contributed by atoms with Crippen LogP contribution in [0.25, 0.3) is 6.08 Å². The predicted molar refractivity (Wildman–Crippen MR) is 144 cm³/mol. The van der Waals surface area contributed by atoms with Crippen molar-refractivity contribution in [1.82, 2.24) is 14.9 Å². The minimum absolute atomic E-state index is 0.0558. The van der Waals surface area contributed by atoms with Crippen molar-refractivity contribution in [3.05, 3.63) is 82.6 Å². The lowest BCUT2D eigenvalue weighted by Gasteiger charge is -2.34. The molecule has 11 nitrogen and oxygen atoms in total. The fourth-order valence-electron chi connectivity index (χ4n) is 4.34. The summed E-state index contributed by atoms with van der Waals surface area (Å²) in [5.74, 6) is 0.640. The molecule has 38 heavy (non-hydrogen) atoms. The van der Waals surface area contributed by atoms with Gasteiger partial charge in [0.15, 0.2) is 0 Å². The minimum atomic E-state index is -0.445. The van der Waals surface area contributed by atoms with E-state index in [4.69, 9.17) is 9.15 Å². The molecule has 200 valence electrons. The van der Waals surface area contributed by atoms with Crippen molar-refractivity contribution in [2.45, 2.75) is 19.9 Å². The molecule has 11 heteroatoms. The van der Waals surface area contributed by atoms with E-state index in [1.807, 2.05) is 23.1 Å². The Morgan fingerprint density at radius 1 is 1.16 bits per heavy atom. The number of carbonyl (C=O) groups is 1. The molecule has 0 spiro atoms. The van der Waals surface area contributed by atoms with E-state index in [-0.39, 0.29) is 49.4 Å². The van der Waals surface area contributed by atoms with E-state index in [0.717, 1.165) is 25.2 Å². The highest BCUT2D eigenvalue weighted by atomic mass is 16.6. The number of piperazine rings is 1. The van der Waals surface area contributed by atoms with Gasteiger partial charge in [-0.05, 0) is 24.6 Å².